The Kier molecular flexibility index (Phi) is 36.9. The summed E-state index contributed by atoms with van der Waals surface area (Å²) >= 11 is 0. The molecule has 0 aliphatic heterocycles. The summed E-state index contributed by atoms with van der Waals surface area (Å²) < 4.78 is 0. The Hall–Kier alpha value is -1.39. The molecule has 0 heterocycles. The molecule has 0 aromatic rings. The number of hydrogen-bond donors (Lipinski definition) is 3. The van der Waals surface area contributed by atoms with Crippen LogP contribution in [0.1, 0.15) is 206 Å². The second-order valence-electron chi connectivity index (χ2n) is 13.7. The lowest BCUT2D eigenvalue weighted by atomic mass is 10.0. The average molecular weight is 646 g/mol. The van der Waals surface area contributed by atoms with Gasteiger partial charge in [0.25, 0.3) is 0 Å². The van der Waals surface area contributed by atoms with Crippen molar-refractivity contribution < 1.29 is 15.0 Å². The van der Waals surface area contributed by atoms with Crippen LogP contribution >= 0.6 is 0 Å². The molecule has 3 N–H and O–H groups in total. The van der Waals surface area contributed by atoms with Gasteiger partial charge in [-0.25, -0.2) is 0 Å². The molecule has 0 aliphatic carbocycles. The van der Waals surface area contributed by atoms with Crippen LogP contribution in [0.15, 0.2) is 36.5 Å². The number of amides is 1. The van der Waals surface area contributed by atoms with Crippen LogP contribution in [0.5, 0.6) is 0 Å². The summed E-state index contributed by atoms with van der Waals surface area (Å²) in [6, 6.07) is -0.640. The molecule has 0 spiro atoms. The molecular weight excluding hydrogens is 566 g/mol. The molecule has 0 bridgehead atoms. The molecule has 0 aromatic heterocycles. The van der Waals surface area contributed by atoms with Gasteiger partial charge in [0.1, 0.15) is 0 Å². The fourth-order valence-corrected chi connectivity index (χ4v) is 5.96. The monoisotopic (exact) mass is 646 g/mol. The number of carbonyl (C=O) groups excluding carboxylic acids is 1. The van der Waals surface area contributed by atoms with E-state index in [1.54, 1.807) is 6.08 Å². The second-order valence-corrected chi connectivity index (χ2v) is 13.7. The lowest BCUT2D eigenvalue weighted by Crippen LogP contribution is -2.45. The third-order valence-electron chi connectivity index (χ3n) is 9.10. The van der Waals surface area contributed by atoms with Crippen molar-refractivity contribution in [3.05, 3.63) is 36.5 Å². The minimum Gasteiger partial charge on any atom is -0.394 e. The van der Waals surface area contributed by atoms with Crippen molar-refractivity contribution in [1.82, 2.24) is 5.32 Å². The van der Waals surface area contributed by atoms with Gasteiger partial charge in [0.05, 0.1) is 18.8 Å². The largest absolute Gasteiger partial charge is 0.394 e. The van der Waals surface area contributed by atoms with Crippen molar-refractivity contribution in [1.29, 1.82) is 0 Å². The summed E-state index contributed by atoms with van der Waals surface area (Å²) in [5.41, 5.74) is 0. The maximum atomic E-state index is 12.3. The Bertz CT molecular complexity index is 701. The van der Waals surface area contributed by atoms with Crippen molar-refractivity contribution in [2.75, 3.05) is 6.61 Å². The van der Waals surface area contributed by atoms with Gasteiger partial charge in [0.15, 0.2) is 0 Å². The van der Waals surface area contributed by atoms with Crippen molar-refractivity contribution in [3.8, 4) is 0 Å². The Morgan fingerprint density at radius 1 is 0.500 bits per heavy atom. The third-order valence-corrected chi connectivity index (χ3v) is 9.10. The zero-order chi connectivity index (χ0) is 33.6. The number of carbonyl (C=O) groups is 1. The Morgan fingerprint density at radius 3 is 1.24 bits per heavy atom. The zero-order valence-corrected chi connectivity index (χ0v) is 30.8. The lowest BCUT2D eigenvalue weighted by molar-refractivity contribution is -0.123. The van der Waals surface area contributed by atoms with Gasteiger partial charge < -0.3 is 15.5 Å². The van der Waals surface area contributed by atoms with E-state index >= 15 is 0 Å². The molecule has 270 valence electrons. The van der Waals surface area contributed by atoms with Crippen LogP contribution < -0.4 is 5.32 Å². The standard InChI is InChI=1S/C42H79NO3/c1-3-5-7-9-11-13-15-17-18-19-20-21-22-23-24-25-26-28-30-32-34-36-38-42(46)43-40(39-44)41(45)37-35-33-31-29-27-16-14-12-10-8-6-4-2/h10,12,27,29,35,37,40-41,44-45H,3-9,11,13-26,28,30-34,36,38-39H2,1-2H3,(H,43,46)/b12-10+,29-27+,37-35+. The first-order valence-corrected chi connectivity index (χ1v) is 20.2. The molecule has 0 aliphatic rings. The number of hydrogen-bond acceptors (Lipinski definition) is 3. The molecule has 0 aromatic carbocycles. The second kappa shape index (κ2) is 38.1. The number of aliphatic hydroxyl groups is 2. The van der Waals surface area contributed by atoms with E-state index in [9.17, 15) is 15.0 Å². The van der Waals surface area contributed by atoms with Gasteiger partial charge in [-0.1, -0.05) is 198 Å². The van der Waals surface area contributed by atoms with Crippen molar-refractivity contribution in [3.63, 3.8) is 0 Å². The fraction of sp³-hybridized carbons (Fsp3) is 0.833. The Balaban J connectivity index is 3.55. The summed E-state index contributed by atoms with van der Waals surface area (Å²) in [6.45, 7) is 4.25. The lowest BCUT2D eigenvalue weighted by Gasteiger charge is -2.19. The van der Waals surface area contributed by atoms with E-state index in [0.717, 1.165) is 38.5 Å². The minimum absolute atomic E-state index is 0.0775. The smallest absolute Gasteiger partial charge is 0.220 e. The highest BCUT2D eigenvalue weighted by Gasteiger charge is 2.17. The topological polar surface area (TPSA) is 69.6 Å². The SMILES string of the molecule is CCCC/C=C/CC/C=C/CC/C=C/C(O)C(CO)NC(=O)CCCCCCCCCCCCCCCCCCCCCCCC. The molecule has 4 nitrogen and oxygen atoms in total. The molecule has 0 saturated carbocycles. The van der Waals surface area contributed by atoms with Crippen molar-refractivity contribution in [2.24, 2.45) is 0 Å². The van der Waals surface area contributed by atoms with E-state index in [1.807, 2.05) is 6.08 Å². The Labute approximate surface area is 287 Å². The number of aliphatic hydroxyl groups excluding tert-OH is 2. The summed E-state index contributed by atoms with van der Waals surface area (Å²) in [7, 11) is 0. The van der Waals surface area contributed by atoms with Gasteiger partial charge >= 0.3 is 0 Å². The number of rotatable bonds is 36. The van der Waals surface area contributed by atoms with Gasteiger partial charge in [0.2, 0.25) is 5.91 Å². The van der Waals surface area contributed by atoms with Crippen molar-refractivity contribution >= 4 is 5.91 Å². The maximum absolute atomic E-state index is 12.3. The highest BCUT2D eigenvalue weighted by Crippen LogP contribution is 2.15. The van der Waals surface area contributed by atoms with Crippen LogP contribution in [0, 0.1) is 0 Å². The molecule has 46 heavy (non-hydrogen) atoms. The molecule has 2 atom stereocenters. The van der Waals surface area contributed by atoms with Crippen LogP contribution in [0.3, 0.4) is 0 Å². The van der Waals surface area contributed by atoms with Gasteiger partial charge in [-0.05, 0) is 38.5 Å². The first-order chi connectivity index (χ1) is 22.7. The number of unbranched alkanes of at least 4 members (excludes halogenated alkanes) is 25. The molecular formula is C42H79NO3. The van der Waals surface area contributed by atoms with E-state index < -0.39 is 12.1 Å². The first-order valence-electron chi connectivity index (χ1n) is 20.2. The van der Waals surface area contributed by atoms with Gasteiger partial charge in [-0.15, -0.1) is 0 Å². The van der Waals surface area contributed by atoms with E-state index in [1.165, 1.54) is 148 Å². The highest BCUT2D eigenvalue weighted by molar-refractivity contribution is 5.76. The van der Waals surface area contributed by atoms with Crippen LogP contribution in [0.2, 0.25) is 0 Å². The molecule has 1 amide bonds. The van der Waals surface area contributed by atoms with E-state index in [2.05, 4.69) is 43.5 Å². The van der Waals surface area contributed by atoms with Crippen molar-refractivity contribution in [2.45, 2.75) is 219 Å². The number of nitrogens with one attached hydrogen (secondary N) is 1. The highest BCUT2D eigenvalue weighted by atomic mass is 16.3. The predicted molar refractivity (Wildman–Crippen MR) is 202 cm³/mol. The molecule has 4 heteroatoms. The van der Waals surface area contributed by atoms with Crippen LogP contribution in [-0.2, 0) is 4.79 Å². The molecule has 0 fully saturated rings. The minimum atomic E-state index is -0.865. The molecule has 0 saturated heterocycles. The first kappa shape index (κ1) is 44.6. The van der Waals surface area contributed by atoms with E-state index in [4.69, 9.17) is 0 Å². The fourth-order valence-electron chi connectivity index (χ4n) is 5.96. The van der Waals surface area contributed by atoms with Gasteiger partial charge in [-0.2, -0.15) is 0 Å². The summed E-state index contributed by atoms with van der Waals surface area (Å²) in [4.78, 5) is 12.3. The van der Waals surface area contributed by atoms with Gasteiger partial charge in [-0.3, -0.25) is 4.79 Å². The van der Waals surface area contributed by atoms with Crippen LogP contribution in [0.4, 0.5) is 0 Å². The van der Waals surface area contributed by atoms with E-state index in [0.29, 0.717) is 6.42 Å². The quantitative estimate of drug-likeness (QED) is 0.0469. The van der Waals surface area contributed by atoms with Gasteiger partial charge in [0, 0.05) is 6.42 Å². The van der Waals surface area contributed by atoms with Crippen LogP contribution in [-0.4, -0.2) is 34.9 Å². The molecule has 2 unspecified atom stereocenters. The van der Waals surface area contributed by atoms with Crippen LogP contribution in [0.25, 0.3) is 0 Å². The Morgan fingerprint density at radius 2 is 0.848 bits per heavy atom. The zero-order valence-electron chi connectivity index (χ0n) is 30.8. The maximum Gasteiger partial charge on any atom is 0.220 e. The number of allylic oxidation sites excluding steroid dienone is 5. The normalized spacial score (nSPS) is 13.4. The molecule has 0 radical (unpaired) electrons. The molecule has 0 rings (SSSR count). The summed E-state index contributed by atoms with van der Waals surface area (Å²) in [6.07, 6.45) is 49.6. The average Bonchev–Trinajstić information content (AvgIpc) is 3.06. The third kappa shape index (κ3) is 34.0. The summed E-state index contributed by atoms with van der Waals surface area (Å²) in [5, 5.41) is 22.9. The summed E-state index contributed by atoms with van der Waals surface area (Å²) in [5.74, 6) is -0.0775. The van der Waals surface area contributed by atoms with E-state index in [-0.39, 0.29) is 12.5 Å². The predicted octanol–water partition coefficient (Wildman–Crippen LogP) is 12.2.